The van der Waals surface area contributed by atoms with Crippen molar-refractivity contribution in [2.75, 3.05) is 5.32 Å². The van der Waals surface area contributed by atoms with Gasteiger partial charge >= 0.3 is 0 Å². The Bertz CT molecular complexity index is 626. The molecule has 1 aromatic heterocycles. The van der Waals surface area contributed by atoms with Crippen molar-refractivity contribution in [2.45, 2.75) is 6.92 Å². The van der Waals surface area contributed by atoms with Crippen LogP contribution in [-0.4, -0.2) is 15.7 Å². The van der Waals surface area contributed by atoms with Gasteiger partial charge in [-0.15, -0.1) is 0 Å². The molecular formula is C13H11N3O3. The Balaban J connectivity index is 2.40. The molecule has 0 saturated heterocycles. The minimum Gasteiger partial charge on any atom is -0.335 e. The largest absolute Gasteiger partial charge is 0.335 e. The predicted molar refractivity (Wildman–Crippen MR) is 70.6 cm³/mol. The van der Waals surface area contributed by atoms with Gasteiger partial charge in [-0.05, 0) is 31.2 Å². The third-order valence-corrected chi connectivity index (χ3v) is 2.53. The van der Waals surface area contributed by atoms with E-state index in [1.165, 1.54) is 19.1 Å². The second kappa shape index (κ2) is 5.26. The Kier molecular flexibility index (Phi) is 3.51. The van der Waals surface area contributed by atoms with Gasteiger partial charge in [-0.25, -0.2) is 4.98 Å². The van der Waals surface area contributed by atoms with Crippen molar-refractivity contribution in [3.63, 3.8) is 0 Å². The molecular weight excluding hydrogens is 246 g/mol. The summed E-state index contributed by atoms with van der Waals surface area (Å²) in [6.45, 7) is 1.37. The van der Waals surface area contributed by atoms with Crippen molar-refractivity contribution < 1.29 is 9.72 Å². The lowest BCUT2D eigenvalue weighted by atomic mass is 10.1. The Morgan fingerprint density at radius 1 is 1.32 bits per heavy atom. The zero-order valence-corrected chi connectivity index (χ0v) is 10.2. The standard InChI is InChI=1S/C13H11N3O3/c1-9(17)10-5-6-11(12(8-10)16(18)19)15-13-4-2-3-7-14-13/h2-8H,1H3,(H,14,15). The molecule has 0 aliphatic carbocycles. The van der Waals surface area contributed by atoms with Gasteiger partial charge in [0.05, 0.1) is 4.92 Å². The zero-order valence-electron chi connectivity index (χ0n) is 10.2. The lowest BCUT2D eigenvalue weighted by Gasteiger charge is -2.06. The summed E-state index contributed by atoms with van der Waals surface area (Å²) in [5.41, 5.74) is 0.449. The lowest BCUT2D eigenvalue weighted by Crippen LogP contribution is -2.01. The fourth-order valence-corrected chi connectivity index (χ4v) is 1.58. The topological polar surface area (TPSA) is 85.1 Å². The predicted octanol–water partition coefficient (Wildman–Crippen LogP) is 2.94. The molecule has 0 spiro atoms. The molecule has 1 N–H and O–H groups in total. The summed E-state index contributed by atoms with van der Waals surface area (Å²) >= 11 is 0. The van der Waals surface area contributed by atoms with Gasteiger partial charge in [-0.3, -0.25) is 14.9 Å². The molecule has 96 valence electrons. The van der Waals surface area contributed by atoms with Crippen molar-refractivity contribution in [1.82, 2.24) is 4.98 Å². The number of Topliss-reactive ketones (excluding diaryl/α,β-unsaturated/α-hetero) is 1. The number of pyridine rings is 1. The number of rotatable bonds is 4. The molecule has 0 aliphatic heterocycles. The molecule has 6 nitrogen and oxygen atoms in total. The molecule has 6 heteroatoms. The number of carbonyl (C=O) groups is 1. The summed E-state index contributed by atoms with van der Waals surface area (Å²) in [4.78, 5) is 25.8. The quantitative estimate of drug-likeness (QED) is 0.517. The fourth-order valence-electron chi connectivity index (χ4n) is 1.58. The second-order valence-electron chi connectivity index (χ2n) is 3.89. The molecule has 1 aromatic carbocycles. The minimum atomic E-state index is -0.530. The van der Waals surface area contributed by atoms with Crippen molar-refractivity contribution in [2.24, 2.45) is 0 Å². The van der Waals surface area contributed by atoms with E-state index < -0.39 is 4.92 Å². The molecule has 0 saturated carbocycles. The average Bonchev–Trinajstić information content (AvgIpc) is 2.39. The average molecular weight is 257 g/mol. The van der Waals surface area contributed by atoms with E-state index in [9.17, 15) is 14.9 Å². The van der Waals surface area contributed by atoms with Gasteiger partial charge in [0.15, 0.2) is 5.78 Å². The molecule has 2 rings (SSSR count). The van der Waals surface area contributed by atoms with Crippen LogP contribution in [0.2, 0.25) is 0 Å². The molecule has 2 aromatic rings. The first-order chi connectivity index (χ1) is 9.08. The van der Waals surface area contributed by atoms with E-state index in [0.717, 1.165) is 0 Å². The lowest BCUT2D eigenvalue weighted by molar-refractivity contribution is -0.383. The van der Waals surface area contributed by atoms with Gasteiger partial charge in [0.2, 0.25) is 0 Å². The summed E-state index contributed by atoms with van der Waals surface area (Å²) in [5.74, 6) is 0.286. The molecule has 1 heterocycles. The van der Waals surface area contributed by atoms with Crippen molar-refractivity contribution >= 4 is 23.0 Å². The van der Waals surface area contributed by atoms with Gasteiger partial charge in [-0.2, -0.15) is 0 Å². The van der Waals surface area contributed by atoms with E-state index in [1.54, 1.807) is 30.5 Å². The van der Waals surface area contributed by atoms with Crippen LogP contribution in [0.15, 0.2) is 42.6 Å². The first kappa shape index (κ1) is 12.7. The Labute approximate surface area is 109 Å². The van der Waals surface area contributed by atoms with E-state index in [2.05, 4.69) is 10.3 Å². The third kappa shape index (κ3) is 2.92. The number of ketones is 1. The summed E-state index contributed by atoms with van der Waals surface area (Å²) in [6.07, 6.45) is 1.58. The van der Waals surface area contributed by atoms with E-state index >= 15 is 0 Å². The van der Waals surface area contributed by atoms with Crippen LogP contribution in [0.5, 0.6) is 0 Å². The monoisotopic (exact) mass is 257 g/mol. The van der Waals surface area contributed by atoms with Gasteiger partial charge in [0, 0.05) is 17.8 Å². The van der Waals surface area contributed by atoms with Crippen LogP contribution >= 0.6 is 0 Å². The van der Waals surface area contributed by atoms with Crippen LogP contribution in [0.1, 0.15) is 17.3 Å². The highest BCUT2D eigenvalue weighted by molar-refractivity contribution is 5.95. The zero-order chi connectivity index (χ0) is 13.8. The van der Waals surface area contributed by atoms with Crippen LogP contribution in [0.4, 0.5) is 17.2 Å². The van der Waals surface area contributed by atoms with Crippen LogP contribution in [-0.2, 0) is 0 Å². The Hall–Kier alpha value is -2.76. The van der Waals surface area contributed by atoms with Crippen LogP contribution in [0, 0.1) is 10.1 Å². The molecule has 0 fully saturated rings. The number of carbonyl (C=O) groups excluding carboxylic acids is 1. The molecule has 0 unspecified atom stereocenters. The number of nitro groups is 1. The number of benzene rings is 1. The number of nitrogens with one attached hydrogen (secondary N) is 1. The molecule has 0 atom stereocenters. The number of nitro benzene ring substituents is 1. The maximum absolute atomic E-state index is 11.2. The number of nitrogens with zero attached hydrogens (tertiary/aromatic N) is 2. The summed E-state index contributed by atoms with van der Waals surface area (Å²) in [7, 11) is 0. The summed E-state index contributed by atoms with van der Waals surface area (Å²) < 4.78 is 0. The Morgan fingerprint density at radius 2 is 2.11 bits per heavy atom. The first-order valence-corrected chi connectivity index (χ1v) is 5.55. The smallest absolute Gasteiger partial charge is 0.293 e. The number of anilines is 2. The number of aromatic nitrogens is 1. The van der Waals surface area contributed by atoms with E-state index in [0.29, 0.717) is 17.1 Å². The maximum atomic E-state index is 11.2. The van der Waals surface area contributed by atoms with E-state index in [-0.39, 0.29) is 11.5 Å². The molecule has 19 heavy (non-hydrogen) atoms. The third-order valence-electron chi connectivity index (χ3n) is 2.53. The van der Waals surface area contributed by atoms with Crippen LogP contribution < -0.4 is 5.32 Å². The molecule has 0 bridgehead atoms. The van der Waals surface area contributed by atoms with Gasteiger partial charge in [-0.1, -0.05) is 6.07 Å². The van der Waals surface area contributed by atoms with E-state index in [1.807, 2.05) is 0 Å². The number of hydrogen-bond donors (Lipinski definition) is 1. The van der Waals surface area contributed by atoms with Gasteiger partial charge in [0.1, 0.15) is 11.5 Å². The summed E-state index contributed by atoms with van der Waals surface area (Å²) in [5, 5.41) is 13.9. The molecule has 0 amide bonds. The molecule has 0 aliphatic rings. The highest BCUT2D eigenvalue weighted by Gasteiger charge is 2.16. The van der Waals surface area contributed by atoms with Crippen molar-refractivity contribution in [1.29, 1.82) is 0 Å². The maximum Gasteiger partial charge on any atom is 0.293 e. The fraction of sp³-hybridized carbons (Fsp3) is 0.0769. The minimum absolute atomic E-state index is 0.154. The van der Waals surface area contributed by atoms with Gasteiger partial charge < -0.3 is 5.32 Å². The first-order valence-electron chi connectivity index (χ1n) is 5.55. The Morgan fingerprint density at radius 3 is 2.68 bits per heavy atom. The van der Waals surface area contributed by atoms with Crippen molar-refractivity contribution in [3.05, 3.63) is 58.3 Å². The highest BCUT2D eigenvalue weighted by Crippen LogP contribution is 2.28. The second-order valence-corrected chi connectivity index (χ2v) is 3.89. The SMILES string of the molecule is CC(=O)c1ccc(Nc2ccccn2)c([N+](=O)[O-])c1. The van der Waals surface area contributed by atoms with E-state index in [4.69, 9.17) is 0 Å². The number of hydrogen-bond acceptors (Lipinski definition) is 5. The van der Waals surface area contributed by atoms with Crippen LogP contribution in [0.25, 0.3) is 0 Å². The summed E-state index contributed by atoms with van der Waals surface area (Å²) in [6, 6.07) is 9.52. The molecule has 0 radical (unpaired) electrons. The van der Waals surface area contributed by atoms with Gasteiger partial charge in [0.25, 0.3) is 5.69 Å². The van der Waals surface area contributed by atoms with Crippen molar-refractivity contribution in [3.8, 4) is 0 Å². The normalized spacial score (nSPS) is 9.95. The highest BCUT2D eigenvalue weighted by atomic mass is 16.6. The van der Waals surface area contributed by atoms with Crippen LogP contribution in [0.3, 0.4) is 0 Å².